The van der Waals surface area contributed by atoms with E-state index in [0.717, 1.165) is 0 Å². The molecule has 0 atom stereocenters. The number of aromatic amines is 1. The fourth-order valence-electron chi connectivity index (χ4n) is 2.05. The topological polar surface area (TPSA) is 113 Å². The normalized spacial score (nSPS) is 10.7. The van der Waals surface area contributed by atoms with E-state index in [0.29, 0.717) is 16.4 Å². The summed E-state index contributed by atoms with van der Waals surface area (Å²) in [6.07, 6.45) is 0. The number of H-pyrrole nitrogens is 1. The molecule has 3 N–H and O–H groups in total. The summed E-state index contributed by atoms with van der Waals surface area (Å²) in [5.41, 5.74) is 0.566. The molecule has 9 heteroatoms. The van der Waals surface area contributed by atoms with E-state index in [2.05, 4.69) is 20.8 Å². The number of para-hydroxylation sites is 1. The summed E-state index contributed by atoms with van der Waals surface area (Å²) in [7, 11) is 0. The zero-order valence-corrected chi connectivity index (χ0v) is 13.6. The highest BCUT2D eigenvalue weighted by Gasteiger charge is 2.27. The van der Waals surface area contributed by atoms with Gasteiger partial charge in [0.1, 0.15) is 5.69 Å². The predicted molar refractivity (Wildman–Crippen MR) is 88.1 cm³/mol. The van der Waals surface area contributed by atoms with E-state index in [1.54, 1.807) is 18.2 Å². The maximum absolute atomic E-state index is 12.3. The van der Waals surface area contributed by atoms with E-state index in [1.807, 2.05) is 13.8 Å². The Bertz CT molecular complexity index is 757. The van der Waals surface area contributed by atoms with Crippen molar-refractivity contribution >= 4 is 34.6 Å². The lowest BCUT2D eigenvalue weighted by atomic mass is 10.2. The summed E-state index contributed by atoms with van der Waals surface area (Å²) in [6.45, 7) is 5.33. The van der Waals surface area contributed by atoms with Crippen molar-refractivity contribution in [1.29, 1.82) is 0 Å². The van der Waals surface area contributed by atoms with Gasteiger partial charge in [-0.2, -0.15) is 5.10 Å². The Balaban J connectivity index is 2.35. The van der Waals surface area contributed by atoms with Gasteiger partial charge in [-0.15, -0.1) is 0 Å². The Kier molecular flexibility index (Phi) is 4.85. The Morgan fingerprint density at radius 1 is 1.43 bits per heavy atom. The van der Waals surface area contributed by atoms with E-state index >= 15 is 0 Å². The number of anilines is 2. The average Bonchev–Trinajstić information content (AvgIpc) is 2.84. The van der Waals surface area contributed by atoms with Crippen molar-refractivity contribution in [1.82, 2.24) is 10.2 Å². The maximum atomic E-state index is 12.3. The fraction of sp³-hybridized carbons (Fsp3) is 0.286. The van der Waals surface area contributed by atoms with Gasteiger partial charge in [0.2, 0.25) is 5.69 Å². The summed E-state index contributed by atoms with van der Waals surface area (Å²) in [5.74, 6) is -0.685. The van der Waals surface area contributed by atoms with Crippen molar-refractivity contribution in [2.75, 3.05) is 10.6 Å². The highest BCUT2D eigenvalue weighted by atomic mass is 35.5. The van der Waals surface area contributed by atoms with Crippen LogP contribution in [0.1, 0.15) is 30.0 Å². The number of halogens is 1. The van der Waals surface area contributed by atoms with E-state index in [4.69, 9.17) is 11.6 Å². The van der Waals surface area contributed by atoms with Gasteiger partial charge in [-0.1, -0.05) is 17.7 Å². The summed E-state index contributed by atoms with van der Waals surface area (Å²) in [6, 6.07) is 5.10. The molecular weight excluding hydrogens is 322 g/mol. The largest absolute Gasteiger partial charge is 0.380 e. The van der Waals surface area contributed by atoms with Crippen LogP contribution in [0.15, 0.2) is 18.2 Å². The predicted octanol–water partition coefficient (Wildman–Crippen LogP) is 3.35. The van der Waals surface area contributed by atoms with Gasteiger partial charge in [-0.3, -0.25) is 20.0 Å². The van der Waals surface area contributed by atoms with Crippen LogP contribution < -0.4 is 10.6 Å². The van der Waals surface area contributed by atoms with E-state index < -0.39 is 10.8 Å². The lowest BCUT2D eigenvalue weighted by Gasteiger charge is -2.16. The number of carbonyl (C=O) groups excluding carboxylic acids is 1. The molecule has 1 amide bonds. The third kappa shape index (κ3) is 3.59. The molecule has 2 aromatic rings. The number of amides is 1. The van der Waals surface area contributed by atoms with Gasteiger partial charge < -0.3 is 10.6 Å². The Hall–Kier alpha value is -2.61. The maximum Gasteiger partial charge on any atom is 0.322 e. The molecule has 8 nitrogen and oxygen atoms in total. The molecule has 0 aliphatic rings. The van der Waals surface area contributed by atoms with Crippen LogP contribution in [0.25, 0.3) is 0 Å². The summed E-state index contributed by atoms with van der Waals surface area (Å²) >= 11 is 6.14. The first-order chi connectivity index (χ1) is 10.8. The van der Waals surface area contributed by atoms with Crippen LogP contribution >= 0.6 is 11.6 Å². The van der Waals surface area contributed by atoms with Crippen molar-refractivity contribution in [3.63, 3.8) is 0 Å². The third-order valence-electron chi connectivity index (χ3n) is 3.01. The van der Waals surface area contributed by atoms with Gasteiger partial charge in [-0.25, -0.2) is 0 Å². The van der Waals surface area contributed by atoms with Gasteiger partial charge in [0.05, 0.1) is 21.3 Å². The van der Waals surface area contributed by atoms with Gasteiger partial charge in [0, 0.05) is 6.04 Å². The molecule has 0 aliphatic carbocycles. The average molecular weight is 338 g/mol. The second kappa shape index (κ2) is 6.66. The van der Waals surface area contributed by atoms with E-state index in [1.165, 1.54) is 6.92 Å². The number of rotatable bonds is 5. The smallest absolute Gasteiger partial charge is 0.322 e. The minimum Gasteiger partial charge on any atom is -0.380 e. The molecular formula is C14H16ClN5O3. The number of hydrogen-bond donors (Lipinski definition) is 3. The summed E-state index contributed by atoms with van der Waals surface area (Å²) in [5, 5.41) is 23.4. The third-order valence-corrected chi connectivity index (χ3v) is 3.32. The number of nitro groups is 1. The zero-order chi connectivity index (χ0) is 17.1. The van der Waals surface area contributed by atoms with Crippen LogP contribution in [-0.2, 0) is 0 Å². The van der Waals surface area contributed by atoms with Gasteiger partial charge in [-0.05, 0) is 32.9 Å². The van der Waals surface area contributed by atoms with Crippen LogP contribution in [0.3, 0.4) is 0 Å². The molecule has 2 rings (SSSR count). The van der Waals surface area contributed by atoms with Crippen LogP contribution in [0.5, 0.6) is 0 Å². The Morgan fingerprint density at radius 3 is 2.74 bits per heavy atom. The monoisotopic (exact) mass is 337 g/mol. The fourth-order valence-corrected chi connectivity index (χ4v) is 2.28. The van der Waals surface area contributed by atoms with E-state index in [9.17, 15) is 14.9 Å². The van der Waals surface area contributed by atoms with Gasteiger partial charge in [0.15, 0.2) is 0 Å². The van der Waals surface area contributed by atoms with Crippen molar-refractivity contribution in [3.05, 3.63) is 44.7 Å². The van der Waals surface area contributed by atoms with E-state index in [-0.39, 0.29) is 23.1 Å². The second-order valence-electron chi connectivity index (χ2n) is 5.22. The molecule has 1 heterocycles. The number of hydrogen-bond acceptors (Lipinski definition) is 5. The molecule has 0 radical (unpaired) electrons. The number of aryl methyl sites for hydroxylation is 1. The highest BCUT2D eigenvalue weighted by molar-refractivity contribution is 6.34. The molecule has 0 fully saturated rings. The SMILES string of the molecule is Cc1[nH]nc(C(=O)Nc2cccc(Cl)c2NC(C)C)c1[N+](=O)[O-]. The van der Waals surface area contributed by atoms with Crippen molar-refractivity contribution in [2.45, 2.75) is 26.8 Å². The number of aromatic nitrogens is 2. The van der Waals surface area contributed by atoms with Crippen molar-refractivity contribution in [2.24, 2.45) is 0 Å². The zero-order valence-electron chi connectivity index (χ0n) is 12.8. The van der Waals surface area contributed by atoms with Gasteiger partial charge >= 0.3 is 5.69 Å². The molecule has 0 bridgehead atoms. The molecule has 0 saturated carbocycles. The van der Waals surface area contributed by atoms with Gasteiger partial charge in [0.25, 0.3) is 5.91 Å². The first-order valence-electron chi connectivity index (χ1n) is 6.87. The van der Waals surface area contributed by atoms with Crippen LogP contribution in [0.4, 0.5) is 17.1 Å². The number of nitrogens with zero attached hydrogens (tertiary/aromatic N) is 2. The minimum atomic E-state index is -0.685. The molecule has 0 saturated heterocycles. The summed E-state index contributed by atoms with van der Waals surface area (Å²) in [4.78, 5) is 22.8. The van der Waals surface area contributed by atoms with Crippen LogP contribution in [0, 0.1) is 17.0 Å². The quantitative estimate of drug-likeness (QED) is 0.572. The Morgan fingerprint density at radius 2 is 2.13 bits per heavy atom. The molecule has 1 aromatic heterocycles. The first-order valence-corrected chi connectivity index (χ1v) is 7.24. The van der Waals surface area contributed by atoms with Crippen LogP contribution in [0.2, 0.25) is 5.02 Å². The standard InChI is InChI=1S/C14H16ClN5O3/c1-7(2)16-11-9(15)5-4-6-10(11)17-14(21)12-13(20(22)23)8(3)18-19-12/h4-7,16H,1-3H3,(H,17,21)(H,18,19). The first kappa shape index (κ1) is 16.8. The number of nitrogens with one attached hydrogen (secondary N) is 3. The molecule has 1 aromatic carbocycles. The molecule has 0 aliphatic heterocycles. The summed E-state index contributed by atoms with van der Waals surface area (Å²) < 4.78 is 0. The molecule has 0 unspecified atom stereocenters. The van der Waals surface area contributed by atoms with Crippen LogP contribution in [-0.4, -0.2) is 27.1 Å². The molecule has 0 spiro atoms. The molecule has 122 valence electrons. The lowest BCUT2D eigenvalue weighted by molar-refractivity contribution is -0.385. The number of benzene rings is 1. The molecule has 23 heavy (non-hydrogen) atoms. The highest BCUT2D eigenvalue weighted by Crippen LogP contribution is 2.31. The lowest BCUT2D eigenvalue weighted by Crippen LogP contribution is -2.17. The second-order valence-corrected chi connectivity index (χ2v) is 5.63. The van der Waals surface area contributed by atoms with Crippen molar-refractivity contribution < 1.29 is 9.72 Å². The minimum absolute atomic E-state index is 0.0903. The number of carbonyl (C=O) groups is 1. The van der Waals surface area contributed by atoms with Crippen molar-refractivity contribution in [3.8, 4) is 0 Å². The Labute approximate surface area is 137 Å².